The number of nitrogens with one attached hydrogen (secondary N) is 1. The summed E-state index contributed by atoms with van der Waals surface area (Å²) in [6.45, 7) is 1.18. The number of hydrogen-bond donors (Lipinski definition) is 1. The highest BCUT2D eigenvalue weighted by Crippen LogP contribution is 2.39. The van der Waals surface area contributed by atoms with Crippen LogP contribution in [-0.4, -0.2) is 27.9 Å². The normalized spacial score (nSPS) is 17.2. The molecule has 2 aromatic rings. The molecule has 0 radical (unpaired) electrons. The minimum Gasteiger partial charge on any atom is -0.321 e. The summed E-state index contributed by atoms with van der Waals surface area (Å²) in [5.74, 6) is -3.94. The molecule has 0 spiro atoms. The Labute approximate surface area is 175 Å². The topological polar surface area (TPSA) is 46.9 Å². The lowest BCUT2D eigenvalue weighted by atomic mass is 9.87. The van der Waals surface area contributed by atoms with Gasteiger partial charge in [-0.2, -0.15) is 18.3 Å². The van der Waals surface area contributed by atoms with E-state index in [0.717, 1.165) is 9.58 Å². The quantitative estimate of drug-likeness (QED) is 0.451. The molecule has 10 heteroatoms. The van der Waals surface area contributed by atoms with Gasteiger partial charge in [-0.25, -0.2) is 8.78 Å². The molecular weight excluding hydrogens is 425 g/mol. The molecule has 0 saturated heterocycles. The number of alkyl halides is 5. The van der Waals surface area contributed by atoms with Crippen molar-refractivity contribution in [1.82, 2.24) is 9.78 Å². The molecule has 1 aromatic carbocycles. The van der Waals surface area contributed by atoms with Crippen molar-refractivity contribution >= 4 is 23.4 Å². The van der Waals surface area contributed by atoms with Crippen molar-refractivity contribution in [1.29, 1.82) is 0 Å². The van der Waals surface area contributed by atoms with Crippen molar-refractivity contribution in [2.24, 2.45) is 5.92 Å². The number of aromatic nitrogens is 2. The second-order valence-corrected chi connectivity index (χ2v) is 8.35. The molecule has 1 aliphatic carbocycles. The minimum atomic E-state index is -4.77. The van der Waals surface area contributed by atoms with Gasteiger partial charge in [-0.1, -0.05) is 6.07 Å². The Kier molecular flexibility index (Phi) is 6.45. The number of amides is 1. The summed E-state index contributed by atoms with van der Waals surface area (Å²) >= 11 is 1.43. The van der Waals surface area contributed by atoms with Crippen LogP contribution in [0.2, 0.25) is 0 Å². The van der Waals surface area contributed by atoms with E-state index in [2.05, 4.69) is 10.4 Å². The van der Waals surface area contributed by atoms with Gasteiger partial charge in [0.25, 0.3) is 5.91 Å². The number of benzene rings is 1. The van der Waals surface area contributed by atoms with Crippen molar-refractivity contribution in [3.8, 4) is 0 Å². The molecule has 0 aliphatic heterocycles. The molecular formula is C20H22F5N3OS. The number of nitrogens with zero attached hydrogens (tertiary/aromatic N) is 2. The van der Waals surface area contributed by atoms with Crippen LogP contribution in [0.25, 0.3) is 0 Å². The Morgan fingerprint density at radius 3 is 2.57 bits per heavy atom. The number of hydrogen-bond acceptors (Lipinski definition) is 3. The SMILES string of the molecule is CSc1cccc(NC(=O)c2c(C(F)(F)F)c(C)nn2CC2CCC(F)(F)CC2)c1. The van der Waals surface area contributed by atoms with Crippen LogP contribution in [0.5, 0.6) is 0 Å². The number of carbonyl (C=O) groups is 1. The first kappa shape index (κ1) is 22.6. The molecule has 1 saturated carbocycles. The van der Waals surface area contributed by atoms with E-state index in [4.69, 9.17) is 0 Å². The van der Waals surface area contributed by atoms with Crippen molar-refractivity contribution in [3.63, 3.8) is 0 Å². The maximum absolute atomic E-state index is 13.7. The smallest absolute Gasteiger partial charge is 0.321 e. The summed E-state index contributed by atoms with van der Waals surface area (Å²) in [6, 6.07) is 6.75. The standard InChI is InChI=1S/C20H22F5N3OS/c1-12-16(20(23,24)25)17(18(29)26-14-4-3-5-15(10-14)30-2)28(27-12)11-13-6-8-19(21,22)9-7-13/h3-5,10,13H,6-9,11H2,1-2H3,(H,26,29). The molecule has 3 rings (SSSR count). The third-order valence-corrected chi connectivity index (χ3v) is 5.95. The zero-order valence-corrected chi connectivity index (χ0v) is 17.3. The van der Waals surface area contributed by atoms with E-state index >= 15 is 0 Å². The van der Waals surface area contributed by atoms with Gasteiger partial charge in [0.05, 0.1) is 5.69 Å². The van der Waals surface area contributed by atoms with E-state index in [1.807, 2.05) is 12.3 Å². The maximum Gasteiger partial charge on any atom is 0.420 e. The highest BCUT2D eigenvalue weighted by molar-refractivity contribution is 7.98. The van der Waals surface area contributed by atoms with Gasteiger partial charge in [-0.3, -0.25) is 9.48 Å². The molecule has 1 aliphatic rings. The molecule has 30 heavy (non-hydrogen) atoms. The molecule has 0 bridgehead atoms. The zero-order chi connectivity index (χ0) is 22.1. The monoisotopic (exact) mass is 447 g/mol. The predicted molar refractivity (Wildman–Crippen MR) is 105 cm³/mol. The van der Waals surface area contributed by atoms with Gasteiger partial charge in [-0.05, 0) is 50.1 Å². The first-order chi connectivity index (χ1) is 14.0. The van der Waals surface area contributed by atoms with Crippen LogP contribution in [0.1, 0.15) is 47.4 Å². The van der Waals surface area contributed by atoms with Crippen LogP contribution in [0.4, 0.5) is 27.6 Å². The third kappa shape index (κ3) is 5.14. The Bertz CT molecular complexity index is 916. The van der Waals surface area contributed by atoms with Crippen molar-refractivity contribution in [2.45, 2.75) is 56.1 Å². The Hall–Kier alpha value is -2.10. The van der Waals surface area contributed by atoms with Crippen molar-refractivity contribution < 1.29 is 26.7 Å². The third-order valence-electron chi connectivity index (χ3n) is 5.22. The van der Waals surface area contributed by atoms with Gasteiger partial charge < -0.3 is 5.32 Å². The van der Waals surface area contributed by atoms with E-state index in [1.165, 1.54) is 18.7 Å². The molecule has 1 fully saturated rings. The second-order valence-electron chi connectivity index (χ2n) is 7.47. The first-order valence-electron chi connectivity index (χ1n) is 9.48. The lowest BCUT2D eigenvalue weighted by molar-refractivity contribution is -0.138. The molecule has 1 aromatic heterocycles. The second kappa shape index (κ2) is 8.56. The highest BCUT2D eigenvalue weighted by Gasteiger charge is 2.42. The fourth-order valence-electron chi connectivity index (χ4n) is 3.70. The summed E-state index contributed by atoms with van der Waals surface area (Å²) in [5.41, 5.74) is -1.64. The Balaban J connectivity index is 1.91. The molecule has 4 nitrogen and oxygen atoms in total. The number of carbonyl (C=O) groups excluding carboxylic acids is 1. The number of rotatable bonds is 5. The summed E-state index contributed by atoms with van der Waals surface area (Å²) in [5, 5.41) is 6.46. The summed E-state index contributed by atoms with van der Waals surface area (Å²) < 4.78 is 68.9. The number of anilines is 1. The summed E-state index contributed by atoms with van der Waals surface area (Å²) in [4.78, 5) is 13.7. The van der Waals surface area contributed by atoms with Crippen LogP contribution < -0.4 is 5.32 Å². The van der Waals surface area contributed by atoms with Crippen LogP contribution >= 0.6 is 11.8 Å². The number of aryl methyl sites for hydroxylation is 1. The first-order valence-corrected chi connectivity index (χ1v) is 10.7. The Morgan fingerprint density at radius 1 is 1.30 bits per heavy atom. The molecule has 1 heterocycles. The molecule has 0 atom stereocenters. The zero-order valence-electron chi connectivity index (χ0n) is 16.5. The lowest BCUT2D eigenvalue weighted by Crippen LogP contribution is -2.29. The van der Waals surface area contributed by atoms with Crippen LogP contribution in [-0.2, 0) is 12.7 Å². The molecule has 164 valence electrons. The van der Waals surface area contributed by atoms with Crippen LogP contribution in [0.15, 0.2) is 29.2 Å². The number of halogens is 5. The van der Waals surface area contributed by atoms with Crippen molar-refractivity contribution in [3.05, 3.63) is 41.2 Å². The van der Waals surface area contributed by atoms with Gasteiger partial charge in [0.2, 0.25) is 5.92 Å². The average Bonchev–Trinajstić information content (AvgIpc) is 3.00. The fraction of sp³-hybridized carbons (Fsp3) is 0.500. The van der Waals surface area contributed by atoms with E-state index in [-0.39, 0.29) is 43.8 Å². The average molecular weight is 447 g/mol. The minimum absolute atomic E-state index is 0.0133. The van der Waals surface area contributed by atoms with Gasteiger partial charge in [-0.15, -0.1) is 11.8 Å². The predicted octanol–water partition coefficient (Wildman–Crippen LogP) is 6.01. The Morgan fingerprint density at radius 2 is 1.97 bits per heavy atom. The molecule has 0 unspecified atom stereocenters. The number of thioether (sulfide) groups is 1. The van der Waals surface area contributed by atoms with Gasteiger partial charge >= 0.3 is 6.18 Å². The van der Waals surface area contributed by atoms with E-state index < -0.39 is 29.3 Å². The van der Waals surface area contributed by atoms with Gasteiger partial charge in [0.15, 0.2) is 0 Å². The lowest BCUT2D eigenvalue weighted by Gasteiger charge is -2.28. The van der Waals surface area contributed by atoms with Crippen LogP contribution in [0, 0.1) is 12.8 Å². The molecule has 1 amide bonds. The largest absolute Gasteiger partial charge is 0.420 e. The fourth-order valence-corrected chi connectivity index (χ4v) is 4.16. The highest BCUT2D eigenvalue weighted by atomic mass is 32.2. The molecule has 1 N–H and O–H groups in total. The van der Waals surface area contributed by atoms with Crippen molar-refractivity contribution in [2.75, 3.05) is 11.6 Å². The summed E-state index contributed by atoms with van der Waals surface area (Å²) in [6.07, 6.45) is -3.21. The van der Waals surface area contributed by atoms with E-state index in [1.54, 1.807) is 18.2 Å². The van der Waals surface area contributed by atoms with E-state index in [9.17, 15) is 26.7 Å². The van der Waals surface area contributed by atoms with Gasteiger partial charge in [0.1, 0.15) is 11.3 Å². The maximum atomic E-state index is 13.7. The van der Waals surface area contributed by atoms with Crippen LogP contribution in [0.3, 0.4) is 0 Å². The summed E-state index contributed by atoms with van der Waals surface area (Å²) in [7, 11) is 0. The van der Waals surface area contributed by atoms with Gasteiger partial charge in [0, 0.05) is 30.0 Å². The van der Waals surface area contributed by atoms with E-state index in [0.29, 0.717) is 5.69 Å².